The van der Waals surface area contributed by atoms with Crippen LogP contribution in [0, 0.1) is 11.6 Å². The first kappa shape index (κ1) is 15.4. The predicted molar refractivity (Wildman–Crippen MR) is 66.0 cm³/mol. The summed E-state index contributed by atoms with van der Waals surface area (Å²) in [5.41, 5.74) is -1.13. The molecule has 0 spiro atoms. The van der Waals surface area contributed by atoms with E-state index in [1.807, 2.05) is 0 Å². The average Bonchev–Trinajstić information content (AvgIpc) is 2.39. The highest BCUT2D eigenvalue weighted by Crippen LogP contribution is 2.19. The van der Waals surface area contributed by atoms with Gasteiger partial charge in [0.25, 0.3) is 0 Å². The fraction of sp³-hybridized carbons (Fsp3) is 0.462. The summed E-state index contributed by atoms with van der Waals surface area (Å²) in [5.74, 6) is -2.07. The van der Waals surface area contributed by atoms with Crippen LogP contribution in [0.2, 0.25) is 0 Å². The van der Waals surface area contributed by atoms with Crippen molar-refractivity contribution in [3.8, 4) is 5.75 Å². The fourth-order valence-corrected chi connectivity index (χ4v) is 1.33. The van der Waals surface area contributed by atoms with Crippen LogP contribution in [-0.4, -0.2) is 31.8 Å². The number of ether oxygens (including phenoxy) is 2. The smallest absolute Gasteiger partial charge is 0.329 e. The van der Waals surface area contributed by atoms with Crippen LogP contribution in [-0.2, 0) is 9.53 Å². The normalized spacial score (nSPS) is 13.7. The van der Waals surface area contributed by atoms with Crippen molar-refractivity contribution < 1.29 is 23.0 Å². The van der Waals surface area contributed by atoms with E-state index < -0.39 is 23.1 Å². The molecule has 4 nitrogen and oxygen atoms in total. The van der Waals surface area contributed by atoms with Crippen molar-refractivity contribution in [2.75, 3.05) is 20.3 Å². The number of esters is 1. The second kappa shape index (κ2) is 6.47. The topological polar surface area (TPSA) is 47.6 Å². The number of hydrogen-bond acceptors (Lipinski definition) is 4. The van der Waals surface area contributed by atoms with Gasteiger partial charge in [-0.2, -0.15) is 0 Å². The van der Waals surface area contributed by atoms with Crippen LogP contribution in [0.25, 0.3) is 0 Å². The van der Waals surface area contributed by atoms with Crippen LogP contribution in [0.3, 0.4) is 0 Å². The van der Waals surface area contributed by atoms with E-state index in [1.165, 1.54) is 0 Å². The van der Waals surface area contributed by atoms with Crippen LogP contribution in [0.5, 0.6) is 5.75 Å². The number of hydrogen-bond donors (Lipinski definition) is 1. The number of halogens is 2. The van der Waals surface area contributed by atoms with Gasteiger partial charge in [0.2, 0.25) is 0 Å². The molecule has 19 heavy (non-hydrogen) atoms. The van der Waals surface area contributed by atoms with Gasteiger partial charge in [-0.15, -0.1) is 0 Å². The maximum absolute atomic E-state index is 13.4. The molecule has 0 amide bonds. The minimum atomic E-state index is -1.13. The van der Waals surface area contributed by atoms with Crippen molar-refractivity contribution >= 4 is 5.97 Å². The molecular formula is C13H17F2NO3. The number of carbonyl (C=O) groups excluding carboxylic acids is 1. The fourth-order valence-electron chi connectivity index (χ4n) is 1.33. The van der Waals surface area contributed by atoms with Crippen LogP contribution in [0.4, 0.5) is 8.78 Å². The van der Waals surface area contributed by atoms with Gasteiger partial charge in [-0.25, -0.2) is 13.6 Å². The number of nitrogens with one attached hydrogen (secondary N) is 1. The molecule has 0 aliphatic heterocycles. The zero-order valence-corrected chi connectivity index (χ0v) is 11.1. The summed E-state index contributed by atoms with van der Waals surface area (Å²) in [7, 11) is 1.56. The van der Waals surface area contributed by atoms with Gasteiger partial charge in [0.05, 0.1) is 6.61 Å². The molecule has 1 atom stereocenters. The lowest BCUT2D eigenvalue weighted by Crippen LogP contribution is -2.53. The summed E-state index contributed by atoms with van der Waals surface area (Å²) >= 11 is 0. The molecule has 1 unspecified atom stereocenters. The Morgan fingerprint density at radius 3 is 2.68 bits per heavy atom. The van der Waals surface area contributed by atoms with Crippen molar-refractivity contribution in [2.24, 2.45) is 0 Å². The molecule has 0 aliphatic rings. The highest BCUT2D eigenvalue weighted by Gasteiger charge is 2.34. The Labute approximate surface area is 110 Å². The van der Waals surface area contributed by atoms with Gasteiger partial charge in [0, 0.05) is 6.07 Å². The number of carbonyl (C=O) groups is 1. The molecular weight excluding hydrogens is 256 g/mol. The van der Waals surface area contributed by atoms with E-state index in [1.54, 1.807) is 20.9 Å². The van der Waals surface area contributed by atoms with E-state index in [4.69, 9.17) is 9.47 Å². The molecule has 0 radical (unpaired) electrons. The number of benzene rings is 1. The quantitative estimate of drug-likeness (QED) is 0.804. The van der Waals surface area contributed by atoms with Crippen LogP contribution in [0.1, 0.15) is 13.8 Å². The van der Waals surface area contributed by atoms with Crippen molar-refractivity contribution in [3.63, 3.8) is 0 Å². The van der Waals surface area contributed by atoms with E-state index in [-0.39, 0.29) is 19.0 Å². The van der Waals surface area contributed by atoms with Gasteiger partial charge in [0.15, 0.2) is 11.6 Å². The molecule has 0 aromatic heterocycles. The zero-order valence-electron chi connectivity index (χ0n) is 11.1. The standard InChI is InChI=1S/C13H17F2NO3/c1-4-18-12(17)13(2,16-3)8-19-11-7-9(14)5-6-10(11)15/h5-7,16H,4,8H2,1-3H3. The molecule has 0 fully saturated rings. The Balaban J connectivity index is 2.77. The second-order valence-corrected chi connectivity index (χ2v) is 4.17. The first-order chi connectivity index (χ1) is 8.92. The lowest BCUT2D eigenvalue weighted by molar-refractivity contribution is -0.151. The summed E-state index contributed by atoms with van der Waals surface area (Å²) in [4.78, 5) is 11.7. The highest BCUT2D eigenvalue weighted by atomic mass is 19.1. The molecule has 1 rings (SSSR count). The molecule has 0 heterocycles. The molecule has 1 aromatic carbocycles. The lowest BCUT2D eigenvalue weighted by Gasteiger charge is -2.26. The third-order valence-corrected chi connectivity index (χ3v) is 2.69. The average molecular weight is 273 g/mol. The molecule has 0 bridgehead atoms. The maximum Gasteiger partial charge on any atom is 0.329 e. The minimum absolute atomic E-state index is 0.178. The number of likely N-dealkylation sites (N-methyl/N-ethyl adjacent to an activating group) is 1. The van der Waals surface area contributed by atoms with Gasteiger partial charge in [-0.1, -0.05) is 0 Å². The monoisotopic (exact) mass is 273 g/mol. The second-order valence-electron chi connectivity index (χ2n) is 4.17. The van der Waals surface area contributed by atoms with Crippen molar-refractivity contribution in [3.05, 3.63) is 29.8 Å². The Hall–Kier alpha value is -1.69. The summed E-state index contributed by atoms with van der Waals surface area (Å²) in [6.07, 6.45) is 0. The Morgan fingerprint density at radius 2 is 2.11 bits per heavy atom. The minimum Gasteiger partial charge on any atom is -0.488 e. The molecule has 106 valence electrons. The van der Waals surface area contributed by atoms with Gasteiger partial charge in [0.1, 0.15) is 18.0 Å². The Morgan fingerprint density at radius 1 is 1.42 bits per heavy atom. The van der Waals surface area contributed by atoms with Crippen LogP contribution in [0.15, 0.2) is 18.2 Å². The maximum atomic E-state index is 13.4. The van der Waals surface area contributed by atoms with E-state index in [0.29, 0.717) is 0 Å². The summed E-state index contributed by atoms with van der Waals surface area (Å²) in [6.45, 7) is 3.29. The van der Waals surface area contributed by atoms with Crippen molar-refractivity contribution in [1.82, 2.24) is 5.32 Å². The summed E-state index contributed by atoms with van der Waals surface area (Å²) in [5, 5.41) is 2.75. The largest absolute Gasteiger partial charge is 0.488 e. The first-order valence-electron chi connectivity index (χ1n) is 5.87. The molecule has 6 heteroatoms. The zero-order chi connectivity index (χ0) is 14.5. The van der Waals surface area contributed by atoms with E-state index in [9.17, 15) is 13.6 Å². The Bertz CT molecular complexity index is 454. The van der Waals surface area contributed by atoms with Gasteiger partial charge >= 0.3 is 5.97 Å². The highest BCUT2D eigenvalue weighted by molar-refractivity contribution is 5.80. The van der Waals surface area contributed by atoms with E-state index in [2.05, 4.69) is 5.32 Å². The van der Waals surface area contributed by atoms with Crippen molar-refractivity contribution in [2.45, 2.75) is 19.4 Å². The molecule has 1 N–H and O–H groups in total. The van der Waals surface area contributed by atoms with Crippen LogP contribution < -0.4 is 10.1 Å². The lowest BCUT2D eigenvalue weighted by atomic mass is 10.1. The first-order valence-corrected chi connectivity index (χ1v) is 5.87. The molecule has 0 aliphatic carbocycles. The third kappa shape index (κ3) is 3.89. The van der Waals surface area contributed by atoms with Gasteiger partial charge in [-0.05, 0) is 33.0 Å². The molecule has 0 saturated heterocycles. The van der Waals surface area contributed by atoms with E-state index >= 15 is 0 Å². The number of rotatable bonds is 6. The van der Waals surface area contributed by atoms with Gasteiger partial charge in [-0.3, -0.25) is 0 Å². The predicted octanol–water partition coefficient (Wildman–Crippen LogP) is 1.88. The van der Waals surface area contributed by atoms with Crippen molar-refractivity contribution in [1.29, 1.82) is 0 Å². The molecule has 0 saturated carbocycles. The van der Waals surface area contributed by atoms with Crippen LogP contribution >= 0.6 is 0 Å². The SMILES string of the molecule is CCOC(=O)C(C)(COc1cc(F)ccc1F)NC. The third-order valence-electron chi connectivity index (χ3n) is 2.69. The van der Waals surface area contributed by atoms with Gasteiger partial charge < -0.3 is 14.8 Å². The van der Waals surface area contributed by atoms with E-state index in [0.717, 1.165) is 18.2 Å². The summed E-state index contributed by atoms with van der Waals surface area (Å²) < 4.78 is 36.4. The summed E-state index contributed by atoms with van der Waals surface area (Å²) in [6, 6.07) is 2.88. The Kier molecular flexibility index (Phi) is 5.23. The molecule has 1 aromatic rings.